The van der Waals surface area contributed by atoms with E-state index in [9.17, 15) is 4.79 Å². The first-order valence-corrected chi connectivity index (χ1v) is 5.38. The summed E-state index contributed by atoms with van der Waals surface area (Å²) in [5.41, 5.74) is 3.35. The predicted molar refractivity (Wildman–Crippen MR) is 60.3 cm³/mol. The van der Waals surface area contributed by atoms with Gasteiger partial charge in [-0.3, -0.25) is 4.79 Å². The molecule has 15 heavy (non-hydrogen) atoms. The third-order valence-electron chi connectivity index (χ3n) is 2.10. The van der Waals surface area contributed by atoms with Gasteiger partial charge >= 0.3 is 5.97 Å². The fraction of sp³-hybridized carbons (Fsp3) is 0.200. The summed E-state index contributed by atoms with van der Waals surface area (Å²) in [5, 5.41) is 11.7. The Balaban J connectivity index is 2.35. The van der Waals surface area contributed by atoms with E-state index in [1.807, 2.05) is 18.2 Å². The molecule has 2 N–H and O–H groups in total. The zero-order chi connectivity index (χ0) is 10.8. The zero-order valence-electron chi connectivity index (χ0n) is 8.10. The molecule has 1 aromatic heterocycles. The highest BCUT2D eigenvalue weighted by Crippen LogP contribution is 2.25. The Morgan fingerprint density at radius 3 is 3.13 bits per heavy atom. The van der Waals surface area contributed by atoms with Gasteiger partial charge in [0.2, 0.25) is 0 Å². The molecule has 4 nitrogen and oxygen atoms in total. The van der Waals surface area contributed by atoms with Crippen molar-refractivity contribution in [1.29, 1.82) is 0 Å². The molecule has 78 valence electrons. The maximum atomic E-state index is 10.7. The minimum absolute atomic E-state index is 0.614. The van der Waals surface area contributed by atoms with Crippen molar-refractivity contribution in [2.24, 2.45) is 0 Å². The Hall–Kier alpha value is -1.62. The van der Waals surface area contributed by atoms with Crippen LogP contribution in [0.4, 0.5) is 5.69 Å². The maximum absolute atomic E-state index is 10.7. The number of aliphatic carboxylic acids is 1. The van der Waals surface area contributed by atoms with Crippen LogP contribution >= 0.6 is 11.3 Å². The molecule has 5 heteroatoms. The van der Waals surface area contributed by atoms with E-state index >= 15 is 0 Å². The normalized spacial score (nSPS) is 12.6. The summed E-state index contributed by atoms with van der Waals surface area (Å²) >= 11 is 1.54. The van der Waals surface area contributed by atoms with Crippen LogP contribution in [0.3, 0.4) is 0 Å². The second kappa shape index (κ2) is 3.86. The van der Waals surface area contributed by atoms with E-state index in [2.05, 4.69) is 10.3 Å². The van der Waals surface area contributed by atoms with E-state index in [-0.39, 0.29) is 0 Å². The number of carboxylic acids is 1. The van der Waals surface area contributed by atoms with Crippen molar-refractivity contribution in [2.45, 2.75) is 13.0 Å². The zero-order valence-corrected chi connectivity index (χ0v) is 8.91. The number of hydrogen-bond donors (Lipinski definition) is 2. The first-order valence-electron chi connectivity index (χ1n) is 4.50. The van der Waals surface area contributed by atoms with Crippen LogP contribution in [0.5, 0.6) is 0 Å². The smallest absolute Gasteiger partial charge is 0.325 e. The lowest BCUT2D eigenvalue weighted by Crippen LogP contribution is -2.25. The molecule has 0 bridgehead atoms. The lowest BCUT2D eigenvalue weighted by molar-refractivity contribution is -0.137. The molecule has 0 saturated heterocycles. The number of benzene rings is 1. The molecule has 0 spiro atoms. The molecule has 0 saturated carbocycles. The van der Waals surface area contributed by atoms with Crippen LogP contribution in [0.15, 0.2) is 23.7 Å². The molecule has 1 aromatic carbocycles. The summed E-state index contributed by atoms with van der Waals surface area (Å²) in [5.74, 6) is -0.873. The summed E-state index contributed by atoms with van der Waals surface area (Å²) in [6.07, 6.45) is 0. The van der Waals surface area contributed by atoms with Gasteiger partial charge in [0.15, 0.2) is 0 Å². The van der Waals surface area contributed by atoms with Gasteiger partial charge in [-0.2, -0.15) is 0 Å². The molecule has 0 amide bonds. The van der Waals surface area contributed by atoms with E-state index in [0.29, 0.717) is 0 Å². The van der Waals surface area contributed by atoms with Gasteiger partial charge in [0.05, 0.1) is 15.9 Å². The summed E-state index contributed by atoms with van der Waals surface area (Å²) < 4.78 is 1.05. The second-order valence-electron chi connectivity index (χ2n) is 3.21. The van der Waals surface area contributed by atoms with Crippen molar-refractivity contribution in [3.8, 4) is 0 Å². The number of thiazole rings is 1. The van der Waals surface area contributed by atoms with Crippen molar-refractivity contribution in [3.05, 3.63) is 23.7 Å². The van der Waals surface area contributed by atoms with Crippen LogP contribution < -0.4 is 5.32 Å². The molecular weight excluding hydrogens is 212 g/mol. The Morgan fingerprint density at radius 2 is 2.40 bits per heavy atom. The summed E-state index contributed by atoms with van der Waals surface area (Å²) in [4.78, 5) is 14.9. The van der Waals surface area contributed by atoms with Crippen molar-refractivity contribution >= 4 is 33.2 Å². The molecule has 0 unspecified atom stereocenters. The average Bonchev–Trinajstić information content (AvgIpc) is 2.66. The Kier molecular flexibility index (Phi) is 2.55. The molecule has 1 atom stereocenters. The van der Waals surface area contributed by atoms with Gasteiger partial charge in [-0.1, -0.05) is 6.07 Å². The van der Waals surface area contributed by atoms with E-state index in [0.717, 1.165) is 15.9 Å². The van der Waals surface area contributed by atoms with Crippen molar-refractivity contribution in [1.82, 2.24) is 4.98 Å². The minimum atomic E-state index is -0.873. The number of aromatic nitrogens is 1. The van der Waals surface area contributed by atoms with Crippen molar-refractivity contribution in [3.63, 3.8) is 0 Å². The Morgan fingerprint density at radius 1 is 1.60 bits per heavy atom. The molecule has 0 aliphatic carbocycles. The summed E-state index contributed by atoms with van der Waals surface area (Å²) in [6.45, 7) is 1.60. The van der Waals surface area contributed by atoms with E-state index < -0.39 is 12.0 Å². The summed E-state index contributed by atoms with van der Waals surface area (Å²) in [7, 11) is 0. The van der Waals surface area contributed by atoms with E-state index in [1.54, 1.807) is 12.4 Å². The van der Waals surface area contributed by atoms with Crippen LogP contribution in [0.25, 0.3) is 10.2 Å². The molecule has 1 heterocycles. The van der Waals surface area contributed by atoms with E-state index in [1.165, 1.54) is 11.3 Å². The van der Waals surface area contributed by atoms with Gasteiger partial charge in [-0.05, 0) is 19.1 Å². The number of carboxylic acid groups (broad SMARTS) is 1. The molecule has 2 rings (SSSR count). The maximum Gasteiger partial charge on any atom is 0.325 e. The lowest BCUT2D eigenvalue weighted by Gasteiger charge is -2.10. The lowest BCUT2D eigenvalue weighted by atomic mass is 10.2. The number of anilines is 1. The van der Waals surface area contributed by atoms with Gasteiger partial charge in [0, 0.05) is 0 Å². The van der Waals surface area contributed by atoms with Gasteiger partial charge < -0.3 is 10.4 Å². The molecule has 2 aromatic rings. The van der Waals surface area contributed by atoms with Gasteiger partial charge in [0.1, 0.15) is 11.6 Å². The SMILES string of the molecule is C[C@H](Nc1cccc2scnc12)C(=O)O. The number of fused-ring (bicyclic) bond motifs is 1. The Bertz CT molecular complexity index is 495. The van der Waals surface area contributed by atoms with Crippen LogP contribution in [0, 0.1) is 0 Å². The number of nitrogens with zero attached hydrogens (tertiary/aromatic N) is 1. The van der Waals surface area contributed by atoms with Gasteiger partial charge in [0.25, 0.3) is 0 Å². The first-order chi connectivity index (χ1) is 7.18. The van der Waals surface area contributed by atoms with Gasteiger partial charge in [-0.15, -0.1) is 11.3 Å². The first kappa shape index (κ1) is 9.92. The topological polar surface area (TPSA) is 62.2 Å². The highest BCUT2D eigenvalue weighted by molar-refractivity contribution is 7.16. The Labute approximate surface area is 90.6 Å². The number of hydrogen-bond acceptors (Lipinski definition) is 4. The quantitative estimate of drug-likeness (QED) is 0.835. The molecule has 0 radical (unpaired) electrons. The minimum Gasteiger partial charge on any atom is -0.480 e. The fourth-order valence-electron chi connectivity index (χ4n) is 1.30. The standard InChI is InChI=1S/C10H10N2O2S/c1-6(10(13)14)12-7-3-2-4-8-9(7)11-5-15-8/h2-6,12H,1H3,(H,13,14)/t6-/m0/s1. The van der Waals surface area contributed by atoms with Crippen molar-refractivity contribution < 1.29 is 9.90 Å². The van der Waals surface area contributed by atoms with Gasteiger partial charge in [-0.25, -0.2) is 4.98 Å². The third-order valence-corrected chi connectivity index (χ3v) is 2.90. The fourth-order valence-corrected chi connectivity index (χ4v) is 2.00. The van der Waals surface area contributed by atoms with Crippen molar-refractivity contribution in [2.75, 3.05) is 5.32 Å². The number of rotatable bonds is 3. The molecule has 0 fully saturated rings. The average molecular weight is 222 g/mol. The van der Waals surface area contributed by atoms with E-state index in [4.69, 9.17) is 5.11 Å². The van der Waals surface area contributed by atoms with Crippen LogP contribution in [-0.2, 0) is 4.79 Å². The third kappa shape index (κ3) is 1.92. The largest absolute Gasteiger partial charge is 0.480 e. The highest BCUT2D eigenvalue weighted by Gasteiger charge is 2.12. The molecule has 0 aliphatic rings. The predicted octanol–water partition coefficient (Wildman–Crippen LogP) is 2.18. The number of nitrogens with one attached hydrogen (secondary N) is 1. The van der Waals surface area contributed by atoms with Crippen LogP contribution in [0.1, 0.15) is 6.92 Å². The second-order valence-corrected chi connectivity index (χ2v) is 4.10. The summed E-state index contributed by atoms with van der Waals surface area (Å²) in [6, 6.07) is 5.07. The molecular formula is C10H10N2O2S. The molecule has 0 aliphatic heterocycles. The van der Waals surface area contributed by atoms with Crippen LogP contribution in [-0.4, -0.2) is 22.1 Å². The number of para-hydroxylation sites is 1. The highest BCUT2D eigenvalue weighted by atomic mass is 32.1. The number of carbonyl (C=O) groups is 1. The van der Waals surface area contributed by atoms with Crippen LogP contribution in [0.2, 0.25) is 0 Å². The monoisotopic (exact) mass is 222 g/mol.